The maximum Gasteiger partial charge on any atom is 0.145 e. The zero-order valence-electron chi connectivity index (χ0n) is 10.5. The number of benzene rings is 1. The highest BCUT2D eigenvalue weighted by Gasteiger charge is 2.24. The van der Waals surface area contributed by atoms with Gasteiger partial charge in [0.25, 0.3) is 0 Å². The maximum atomic E-state index is 5.52. The third-order valence-electron chi connectivity index (χ3n) is 2.98. The number of fused-ring (bicyclic) bond motifs is 1. The molecule has 0 fully saturated rings. The number of halogens is 1. The molecule has 1 aromatic carbocycles. The van der Waals surface area contributed by atoms with Gasteiger partial charge < -0.3 is 9.47 Å². The van der Waals surface area contributed by atoms with Crippen molar-refractivity contribution in [2.24, 2.45) is 4.99 Å². The van der Waals surface area contributed by atoms with Crippen LogP contribution in [0.3, 0.4) is 0 Å². The molecule has 0 N–H and O–H groups in total. The molecule has 17 heavy (non-hydrogen) atoms. The van der Waals surface area contributed by atoms with Gasteiger partial charge in [0.1, 0.15) is 11.5 Å². The SMILES string of the molecule is COc1cc2c(c(OC)c1I)C(C)=NC(C)C2. The standard InChI is InChI=1S/C13H16INO2/c1-7-5-9-6-10(16-3)12(14)13(17-4)11(9)8(2)15-7/h6-7H,5H2,1-4H3. The summed E-state index contributed by atoms with van der Waals surface area (Å²) in [6.07, 6.45) is 0.941. The highest BCUT2D eigenvalue weighted by Crippen LogP contribution is 2.38. The van der Waals surface area contributed by atoms with Gasteiger partial charge in [0.15, 0.2) is 0 Å². The lowest BCUT2D eigenvalue weighted by Crippen LogP contribution is -2.18. The molecular formula is C13H16INO2. The molecule has 1 aliphatic rings. The fraction of sp³-hybridized carbons (Fsp3) is 0.462. The predicted molar refractivity (Wildman–Crippen MR) is 77.6 cm³/mol. The molecule has 1 unspecified atom stereocenters. The van der Waals surface area contributed by atoms with Crippen LogP contribution in [-0.2, 0) is 6.42 Å². The lowest BCUT2D eigenvalue weighted by Gasteiger charge is -2.23. The molecule has 4 heteroatoms. The summed E-state index contributed by atoms with van der Waals surface area (Å²) in [4.78, 5) is 4.62. The molecule has 0 aromatic heterocycles. The minimum absolute atomic E-state index is 0.331. The Labute approximate surface area is 115 Å². The van der Waals surface area contributed by atoms with Gasteiger partial charge in [-0.1, -0.05) is 0 Å². The molecule has 0 saturated carbocycles. The monoisotopic (exact) mass is 345 g/mol. The van der Waals surface area contributed by atoms with Crippen LogP contribution in [-0.4, -0.2) is 26.0 Å². The maximum absolute atomic E-state index is 5.52. The molecule has 0 aliphatic carbocycles. The van der Waals surface area contributed by atoms with E-state index in [2.05, 4.69) is 40.6 Å². The van der Waals surface area contributed by atoms with Gasteiger partial charge in [0.2, 0.25) is 0 Å². The average Bonchev–Trinajstić information content (AvgIpc) is 2.29. The van der Waals surface area contributed by atoms with Gasteiger partial charge in [-0.25, -0.2) is 0 Å². The van der Waals surface area contributed by atoms with Crippen LogP contribution < -0.4 is 9.47 Å². The highest BCUT2D eigenvalue weighted by atomic mass is 127. The van der Waals surface area contributed by atoms with E-state index in [9.17, 15) is 0 Å². The van der Waals surface area contributed by atoms with Crippen LogP contribution in [0, 0.1) is 3.57 Å². The van der Waals surface area contributed by atoms with E-state index < -0.39 is 0 Å². The smallest absolute Gasteiger partial charge is 0.145 e. The van der Waals surface area contributed by atoms with E-state index in [1.807, 2.05) is 6.92 Å². The van der Waals surface area contributed by atoms with Gasteiger partial charge in [0, 0.05) is 11.3 Å². The molecule has 0 saturated heterocycles. The molecule has 3 nitrogen and oxygen atoms in total. The predicted octanol–water partition coefficient (Wildman–Crippen LogP) is 3.06. The first-order valence-electron chi connectivity index (χ1n) is 5.56. The molecule has 0 amide bonds. The van der Waals surface area contributed by atoms with Crippen LogP contribution >= 0.6 is 22.6 Å². The first-order valence-corrected chi connectivity index (χ1v) is 6.64. The zero-order valence-corrected chi connectivity index (χ0v) is 12.7. The molecule has 0 spiro atoms. The minimum Gasteiger partial charge on any atom is -0.495 e. The lowest BCUT2D eigenvalue weighted by molar-refractivity contribution is 0.386. The van der Waals surface area contributed by atoms with Gasteiger partial charge >= 0.3 is 0 Å². The van der Waals surface area contributed by atoms with Crippen molar-refractivity contribution in [3.8, 4) is 11.5 Å². The third kappa shape index (κ3) is 2.14. The average molecular weight is 345 g/mol. The first-order chi connectivity index (χ1) is 8.08. The van der Waals surface area contributed by atoms with Crippen molar-refractivity contribution >= 4 is 28.3 Å². The number of methoxy groups -OCH3 is 2. The second-order valence-electron chi connectivity index (χ2n) is 4.23. The second-order valence-corrected chi connectivity index (χ2v) is 5.31. The molecule has 0 bridgehead atoms. The van der Waals surface area contributed by atoms with Crippen molar-refractivity contribution in [2.45, 2.75) is 26.3 Å². The van der Waals surface area contributed by atoms with Crippen molar-refractivity contribution in [2.75, 3.05) is 14.2 Å². The number of aliphatic imine (C=N–C) groups is 1. The van der Waals surface area contributed by atoms with Gasteiger partial charge in [-0.15, -0.1) is 0 Å². The normalized spacial score (nSPS) is 18.4. The van der Waals surface area contributed by atoms with Crippen LogP contribution in [0.2, 0.25) is 0 Å². The summed E-state index contributed by atoms with van der Waals surface area (Å²) < 4.78 is 11.9. The van der Waals surface area contributed by atoms with E-state index in [4.69, 9.17) is 9.47 Å². The Morgan fingerprint density at radius 2 is 2.06 bits per heavy atom. The molecule has 0 radical (unpaired) electrons. The van der Waals surface area contributed by atoms with Crippen molar-refractivity contribution in [3.05, 3.63) is 20.8 Å². The molecule has 1 aromatic rings. The molecule has 1 heterocycles. The summed E-state index contributed by atoms with van der Waals surface area (Å²) in [5.74, 6) is 1.76. The summed E-state index contributed by atoms with van der Waals surface area (Å²) in [5.41, 5.74) is 3.45. The summed E-state index contributed by atoms with van der Waals surface area (Å²) in [7, 11) is 3.39. The van der Waals surface area contributed by atoms with Gasteiger partial charge in [0.05, 0.1) is 23.8 Å². The van der Waals surface area contributed by atoms with Gasteiger partial charge in [-0.05, 0) is 54.5 Å². The number of ether oxygens (including phenoxy) is 2. The number of rotatable bonds is 2. The quantitative estimate of drug-likeness (QED) is 0.772. The fourth-order valence-corrected chi connectivity index (χ4v) is 3.18. The largest absolute Gasteiger partial charge is 0.495 e. The minimum atomic E-state index is 0.331. The Bertz CT molecular complexity index is 483. The molecule has 2 rings (SSSR count). The topological polar surface area (TPSA) is 30.8 Å². The highest BCUT2D eigenvalue weighted by molar-refractivity contribution is 14.1. The van der Waals surface area contributed by atoms with E-state index in [1.165, 1.54) is 5.56 Å². The van der Waals surface area contributed by atoms with Crippen molar-refractivity contribution in [1.82, 2.24) is 0 Å². The summed E-state index contributed by atoms with van der Waals surface area (Å²) in [5, 5.41) is 0. The van der Waals surface area contributed by atoms with Crippen LogP contribution in [0.15, 0.2) is 11.1 Å². The lowest BCUT2D eigenvalue weighted by atomic mass is 9.93. The second kappa shape index (κ2) is 4.84. The Morgan fingerprint density at radius 3 is 2.65 bits per heavy atom. The fourth-order valence-electron chi connectivity index (χ4n) is 2.32. The molecular weight excluding hydrogens is 329 g/mol. The zero-order chi connectivity index (χ0) is 12.6. The number of nitrogens with zero attached hydrogens (tertiary/aromatic N) is 1. The summed E-state index contributed by atoms with van der Waals surface area (Å²) in [6, 6.07) is 2.44. The van der Waals surface area contributed by atoms with Crippen LogP contribution in [0.25, 0.3) is 0 Å². The van der Waals surface area contributed by atoms with Crippen molar-refractivity contribution in [1.29, 1.82) is 0 Å². The molecule has 1 aliphatic heterocycles. The Balaban J connectivity index is 2.69. The third-order valence-corrected chi connectivity index (χ3v) is 4.01. The molecule has 92 valence electrons. The van der Waals surface area contributed by atoms with E-state index in [0.29, 0.717) is 6.04 Å². The van der Waals surface area contributed by atoms with E-state index in [1.54, 1.807) is 14.2 Å². The number of hydrogen-bond donors (Lipinski definition) is 0. The van der Waals surface area contributed by atoms with Crippen LogP contribution in [0.4, 0.5) is 0 Å². The van der Waals surface area contributed by atoms with Crippen LogP contribution in [0.5, 0.6) is 11.5 Å². The van der Waals surface area contributed by atoms with Gasteiger partial charge in [-0.3, -0.25) is 4.99 Å². The van der Waals surface area contributed by atoms with Crippen LogP contribution in [0.1, 0.15) is 25.0 Å². The van der Waals surface area contributed by atoms with Crippen molar-refractivity contribution in [3.63, 3.8) is 0 Å². The van der Waals surface area contributed by atoms with E-state index in [0.717, 1.165) is 32.8 Å². The summed E-state index contributed by atoms with van der Waals surface area (Å²) in [6.45, 7) is 4.17. The van der Waals surface area contributed by atoms with E-state index >= 15 is 0 Å². The molecule has 1 atom stereocenters. The Hall–Kier alpha value is -0.780. The van der Waals surface area contributed by atoms with Crippen molar-refractivity contribution < 1.29 is 9.47 Å². The summed E-state index contributed by atoms with van der Waals surface area (Å²) >= 11 is 2.26. The van der Waals surface area contributed by atoms with Gasteiger partial charge in [-0.2, -0.15) is 0 Å². The Kier molecular flexibility index (Phi) is 3.61. The van der Waals surface area contributed by atoms with E-state index in [-0.39, 0.29) is 0 Å². The Morgan fingerprint density at radius 1 is 1.35 bits per heavy atom. The first kappa shape index (κ1) is 12.7. The number of hydrogen-bond acceptors (Lipinski definition) is 3.